The number of rotatable bonds is 10. The second-order valence-corrected chi connectivity index (χ2v) is 18.0. The summed E-state index contributed by atoms with van der Waals surface area (Å²) >= 11 is 0. The first-order valence-electron chi connectivity index (χ1n) is 22.7. The molecule has 0 aliphatic heterocycles. The van der Waals surface area contributed by atoms with Crippen LogP contribution in [0.1, 0.15) is 61.8 Å². The van der Waals surface area contributed by atoms with Crippen LogP contribution >= 0.6 is 0 Å². The Bertz CT molecular complexity index is 3240. The highest BCUT2D eigenvalue weighted by Gasteiger charge is 2.23. The van der Waals surface area contributed by atoms with Gasteiger partial charge in [-0.1, -0.05) is 184 Å². The summed E-state index contributed by atoms with van der Waals surface area (Å²) in [5.41, 5.74) is 16.8. The maximum atomic E-state index is 2.47. The lowest BCUT2D eigenvalue weighted by atomic mass is 9.89. The van der Waals surface area contributed by atoms with Crippen LogP contribution < -0.4 is 9.80 Å². The Hall–Kier alpha value is -7.42. The average molecular weight is 827 g/mol. The molecule has 2 heteroatoms. The number of benzene rings is 10. The van der Waals surface area contributed by atoms with Gasteiger partial charge in [0, 0.05) is 33.5 Å². The van der Waals surface area contributed by atoms with Crippen LogP contribution in [0.5, 0.6) is 0 Å². The number of fused-ring (bicyclic) bond motifs is 5. The Morgan fingerprint density at radius 2 is 0.625 bits per heavy atom. The first-order chi connectivity index (χ1) is 31.2. The van der Waals surface area contributed by atoms with Gasteiger partial charge < -0.3 is 9.80 Å². The van der Waals surface area contributed by atoms with Crippen LogP contribution in [0.4, 0.5) is 34.1 Å². The summed E-state index contributed by atoms with van der Waals surface area (Å²) in [6, 6.07) is 76.6. The van der Waals surface area contributed by atoms with Crippen LogP contribution in [0.2, 0.25) is 0 Å². The summed E-state index contributed by atoms with van der Waals surface area (Å²) in [7, 11) is 0. The highest BCUT2D eigenvalue weighted by molar-refractivity contribution is 6.23. The second kappa shape index (κ2) is 17.0. The molecule has 0 N–H and O–H groups in total. The topological polar surface area (TPSA) is 6.48 Å². The molecule has 0 aliphatic rings. The minimum absolute atomic E-state index is 0.304. The molecule has 64 heavy (non-hydrogen) atoms. The molecule has 0 saturated carbocycles. The van der Waals surface area contributed by atoms with Crippen LogP contribution in [0.15, 0.2) is 206 Å². The standard InChI is InChI=1S/C62H54N2/c1-41(2)49-25-34-56-58(37-49)55-35-36-57-59(60(55)40-62(56)64(52-28-19-44(6)20-29-52)54-32-23-48(24-33-54)46-15-11-8-12-16-46)38-50(42(3)4)39-61(57)63(51-26-17-43(5)18-27-51)53-30-21-47(22-31-53)45-13-9-7-10-14-45/h7-42H,1-6H3. The highest BCUT2D eigenvalue weighted by Crippen LogP contribution is 2.48. The van der Waals surface area contributed by atoms with Crippen molar-refractivity contribution >= 4 is 66.4 Å². The van der Waals surface area contributed by atoms with E-state index in [1.54, 1.807) is 0 Å². The highest BCUT2D eigenvalue weighted by atomic mass is 15.1. The Morgan fingerprint density at radius 3 is 1.08 bits per heavy atom. The van der Waals surface area contributed by atoms with Gasteiger partial charge in [0.05, 0.1) is 11.4 Å². The van der Waals surface area contributed by atoms with E-state index in [0.29, 0.717) is 11.8 Å². The van der Waals surface area contributed by atoms with E-state index < -0.39 is 0 Å². The molecule has 0 spiro atoms. The van der Waals surface area contributed by atoms with E-state index in [1.165, 1.54) is 82.5 Å². The van der Waals surface area contributed by atoms with Gasteiger partial charge in [-0.25, -0.2) is 0 Å². The van der Waals surface area contributed by atoms with Gasteiger partial charge in [-0.05, 0) is 141 Å². The van der Waals surface area contributed by atoms with Crippen molar-refractivity contribution in [2.45, 2.75) is 53.4 Å². The van der Waals surface area contributed by atoms with Gasteiger partial charge >= 0.3 is 0 Å². The fourth-order valence-electron chi connectivity index (χ4n) is 9.24. The Labute approximate surface area is 378 Å². The maximum absolute atomic E-state index is 2.47. The third kappa shape index (κ3) is 7.71. The third-order valence-electron chi connectivity index (χ3n) is 12.9. The second-order valence-electron chi connectivity index (χ2n) is 18.0. The smallest absolute Gasteiger partial charge is 0.0546 e. The summed E-state index contributed by atoms with van der Waals surface area (Å²) in [5, 5.41) is 7.46. The van der Waals surface area contributed by atoms with Crippen molar-refractivity contribution in [1.29, 1.82) is 0 Å². The van der Waals surface area contributed by atoms with Crippen molar-refractivity contribution in [3.63, 3.8) is 0 Å². The van der Waals surface area contributed by atoms with E-state index in [9.17, 15) is 0 Å². The molecule has 0 aromatic heterocycles. The lowest BCUT2D eigenvalue weighted by Crippen LogP contribution is -2.12. The van der Waals surface area contributed by atoms with E-state index in [4.69, 9.17) is 0 Å². The van der Waals surface area contributed by atoms with E-state index in [2.05, 4.69) is 258 Å². The van der Waals surface area contributed by atoms with Gasteiger partial charge in [-0.2, -0.15) is 0 Å². The molecular weight excluding hydrogens is 773 g/mol. The molecule has 0 fully saturated rings. The molecule has 0 amide bonds. The number of hydrogen-bond acceptors (Lipinski definition) is 2. The summed E-state index contributed by atoms with van der Waals surface area (Å²) in [4.78, 5) is 4.92. The molecule has 0 bridgehead atoms. The normalized spacial score (nSPS) is 11.6. The number of nitrogens with zero attached hydrogens (tertiary/aromatic N) is 2. The Morgan fingerprint density at radius 1 is 0.281 bits per heavy atom. The fraction of sp³-hybridized carbons (Fsp3) is 0.129. The molecular formula is C62H54N2. The molecule has 10 rings (SSSR count). The monoisotopic (exact) mass is 826 g/mol. The minimum atomic E-state index is 0.304. The van der Waals surface area contributed by atoms with Gasteiger partial charge in [0.2, 0.25) is 0 Å². The molecule has 0 atom stereocenters. The van der Waals surface area contributed by atoms with Gasteiger partial charge in [-0.15, -0.1) is 0 Å². The molecule has 0 radical (unpaired) electrons. The summed E-state index contributed by atoms with van der Waals surface area (Å²) in [6.07, 6.45) is 0. The van der Waals surface area contributed by atoms with Gasteiger partial charge in [0.25, 0.3) is 0 Å². The zero-order chi connectivity index (χ0) is 43.9. The zero-order valence-corrected chi connectivity index (χ0v) is 37.7. The van der Waals surface area contributed by atoms with Gasteiger partial charge in [-0.3, -0.25) is 0 Å². The van der Waals surface area contributed by atoms with Crippen LogP contribution in [-0.2, 0) is 0 Å². The lowest BCUT2D eigenvalue weighted by molar-refractivity contribution is 0.868. The van der Waals surface area contributed by atoms with E-state index in [0.717, 1.165) is 28.4 Å². The van der Waals surface area contributed by atoms with Crippen molar-refractivity contribution < 1.29 is 0 Å². The van der Waals surface area contributed by atoms with Crippen molar-refractivity contribution in [2.75, 3.05) is 9.80 Å². The maximum Gasteiger partial charge on any atom is 0.0546 e. The van der Waals surface area contributed by atoms with Gasteiger partial charge in [0.15, 0.2) is 0 Å². The van der Waals surface area contributed by atoms with E-state index in [1.807, 2.05) is 0 Å². The molecule has 0 saturated heterocycles. The van der Waals surface area contributed by atoms with Crippen molar-refractivity contribution in [2.24, 2.45) is 0 Å². The van der Waals surface area contributed by atoms with Crippen molar-refractivity contribution in [1.82, 2.24) is 0 Å². The number of hydrogen-bond donors (Lipinski definition) is 0. The van der Waals surface area contributed by atoms with Crippen molar-refractivity contribution in [3.05, 3.63) is 229 Å². The molecule has 2 nitrogen and oxygen atoms in total. The summed E-state index contributed by atoms with van der Waals surface area (Å²) in [5.74, 6) is 0.691. The SMILES string of the molecule is Cc1ccc(N(c2ccc(-c3ccccc3)cc2)c2cc3c4cc(C(C)C)cc(N(c5ccc(C)cc5)c5ccc(-c6ccccc6)cc5)c4ccc3c3cc(C(C)C)ccc23)cc1. The van der Waals surface area contributed by atoms with Crippen LogP contribution in [0.3, 0.4) is 0 Å². The van der Waals surface area contributed by atoms with Crippen LogP contribution in [-0.4, -0.2) is 0 Å². The number of anilines is 6. The van der Waals surface area contributed by atoms with Gasteiger partial charge in [0.1, 0.15) is 0 Å². The Kier molecular flexibility index (Phi) is 10.8. The van der Waals surface area contributed by atoms with E-state index >= 15 is 0 Å². The predicted molar refractivity (Wildman–Crippen MR) is 277 cm³/mol. The first kappa shape index (κ1) is 40.6. The fourth-order valence-corrected chi connectivity index (χ4v) is 9.24. The molecule has 312 valence electrons. The summed E-state index contributed by atoms with van der Waals surface area (Å²) in [6.45, 7) is 13.5. The Balaban J connectivity index is 1.25. The third-order valence-corrected chi connectivity index (χ3v) is 12.9. The van der Waals surface area contributed by atoms with Crippen molar-refractivity contribution in [3.8, 4) is 22.3 Å². The van der Waals surface area contributed by atoms with Crippen LogP contribution in [0.25, 0.3) is 54.6 Å². The quantitative estimate of drug-likeness (QED) is 0.127. The largest absolute Gasteiger partial charge is 0.310 e. The zero-order valence-electron chi connectivity index (χ0n) is 37.7. The minimum Gasteiger partial charge on any atom is -0.310 e. The van der Waals surface area contributed by atoms with Crippen LogP contribution in [0, 0.1) is 13.8 Å². The summed E-state index contributed by atoms with van der Waals surface area (Å²) < 4.78 is 0. The lowest BCUT2D eigenvalue weighted by Gasteiger charge is -2.30. The van der Waals surface area contributed by atoms with E-state index in [-0.39, 0.29) is 0 Å². The molecule has 0 heterocycles. The average Bonchev–Trinajstić information content (AvgIpc) is 3.33. The molecule has 0 aliphatic carbocycles. The molecule has 10 aromatic rings. The predicted octanol–water partition coefficient (Wildman–Crippen LogP) is 18.3. The molecule has 0 unspecified atom stereocenters. The first-order valence-corrected chi connectivity index (χ1v) is 22.7. The molecule has 10 aromatic carbocycles. The number of aryl methyl sites for hydroxylation is 2.